The lowest BCUT2D eigenvalue weighted by molar-refractivity contribution is -0.0959. The molecule has 2 heterocycles. The van der Waals surface area contributed by atoms with Crippen LogP contribution in [0.2, 0.25) is 0 Å². The average molecular weight is 290 g/mol. The molecule has 2 saturated heterocycles. The molecule has 0 bridgehead atoms. The van der Waals surface area contributed by atoms with Gasteiger partial charge < -0.3 is 4.74 Å². The number of Topliss-reactive ketones (excluding diaryl/α,β-unsaturated/α-hetero) is 1. The van der Waals surface area contributed by atoms with Gasteiger partial charge >= 0.3 is 0 Å². The van der Waals surface area contributed by atoms with Gasteiger partial charge in [-0.05, 0) is 49.7 Å². The molecular formula is C17H22O2S. The Bertz CT molecular complexity index is 486. The Labute approximate surface area is 125 Å². The summed E-state index contributed by atoms with van der Waals surface area (Å²) in [6.45, 7) is 2.77. The Morgan fingerprint density at radius 3 is 2.80 bits per heavy atom. The van der Waals surface area contributed by atoms with Crippen molar-refractivity contribution in [3.63, 3.8) is 0 Å². The smallest absolute Gasteiger partial charge is 0.166 e. The monoisotopic (exact) mass is 290 g/mol. The van der Waals surface area contributed by atoms with Crippen LogP contribution in [0.15, 0.2) is 24.3 Å². The number of carbonyl (C=O) groups excluding carboxylic acids is 1. The summed E-state index contributed by atoms with van der Waals surface area (Å²) >= 11 is 2.01. The molecule has 0 N–H and O–H groups in total. The molecule has 1 atom stereocenters. The van der Waals surface area contributed by atoms with E-state index in [1.165, 1.54) is 11.5 Å². The van der Waals surface area contributed by atoms with Gasteiger partial charge in [-0.2, -0.15) is 11.8 Å². The summed E-state index contributed by atoms with van der Waals surface area (Å²) in [6.07, 6.45) is 4.01. The van der Waals surface area contributed by atoms with Crippen LogP contribution >= 0.6 is 11.8 Å². The van der Waals surface area contributed by atoms with Gasteiger partial charge in [0.1, 0.15) is 0 Å². The van der Waals surface area contributed by atoms with Crippen molar-refractivity contribution in [2.75, 3.05) is 18.1 Å². The number of ether oxygens (including phenoxy) is 1. The van der Waals surface area contributed by atoms with E-state index < -0.39 is 0 Å². The number of thioether (sulfide) groups is 1. The first-order chi connectivity index (χ1) is 9.70. The van der Waals surface area contributed by atoms with Gasteiger partial charge in [-0.15, -0.1) is 0 Å². The predicted octanol–water partition coefficient (Wildman–Crippen LogP) is 3.87. The van der Waals surface area contributed by atoms with Crippen LogP contribution in [-0.2, 0) is 4.74 Å². The third kappa shape index (κ3) is 2.79. The SMILES string of the molecule is Cc1ccccc1C(=O)C1CCOC2(CCSCC2)C1. The largest absolute Gasteiger partial charge is 0.375 e. The number of hydrogen-bond acceptors (Lipinski definition) is 3. The van der Waals surface area contributed by atoms with Crippen LogP contribution in [0, 0.1) is 12.8 Å². The molecule has 20 heavy (non-hydrogen) atoms. The first-order valence-corrected chi connectivity index (χ1v) is 8.67. The number of hydrogen-bond donors (Lipinski definition) is 0. The van der Waals surface area contributed by atoms with Gasteiger partial charge in [-0.3, -0.25) is 4.79 Å². The highest BCUT2D eigenvalue weighted by Gasteiger charge is 2.41. The molecule has 2 fully saturated rings. The van der Waals surface area contributed by atoms with Gasteiger partial charge in [0.2, 0.25) is 0 Å². The van der Waals surface area contributed by atoms with Crippen molar-refractivity contribution in [1.29, 1.82) is 0 Å². The molecule has 108 valence electrons. The number of carbonyl (C=O) groups is 1. The molecule has 1 aromatic carbocycles. The lowest BCUT2D eigenvalue weighted by Gasteiger charge is -2.43. The first kappa shape index (κ1) is 14.2. The van der Waals surface area contributed by atoms with E-state index in [2.05, 4.69) is 0 Å². The second kappa shape index (κ2) is 5.90. The van der Waals surface area contributed by atoms with Crippen LogP contribution in [-0.4, -0.2) is 29.5 Å². The second-order valence-corrected chi connectivity index (χ2v) is 7.24. The Hall–Kier alpha value is -0.800. The molecule has 1 unspecified atom stereocenters. The Balaban J connectivity index is 1.77. The minimum atomic E-state index is -0.00743. The quantitative estimate of drug-likeness (QED) is 0.773. The van der Waals surface area contributed by atoms with Crippen molar-refractivity contribution in [3.05, 3.63) is 35.4 Å². The minimum Gasteiger partial charge on any atom is -0.375 e. The fourth-order valence-electron chi connectivity index (χ4n) is 3.41. The van der Waals surface area contributed by atoms with E-state index >= 15 is 0 Å². The molecule has 0 saturated carbocycles. The normalized spacial score (nSPS) is 25.6. The highest BCUT2D eigenvalue weighted by molar-refractivity contribution is 7.99. The minimum absolute atomic E-state index is 0.00743. The van der Waals surface area contributed by atoms with Gasteiger partial charge in [0, 0.05) is 18.1 Å². The van der Waals surface area contributed by atoms with Crippen LogP contribution in [0.1, 0.15) is 41.6 Å². The molecule has 2 aliphatic heterocycles. The Morgan fingerprint density at radius 1 is 1.30 bits per heavy atom. The number of ketones is 1. The zero-order valence-electron chi connectivity index (χ0n) is 12.1. The molecule has 0 aliphatic carbocycles. The molecule has 0 amide bonds. The highest BCUT2D eigenvalue weighted by atomic mass is 32.2. The maximum Gasteiger partial charge on any atom is 0.166 e. The van der Waals surface area contributed by atoms with Gasteiger partial charge in [0.05, 0.1) is 5.60 Å². The molecule has 1 aromatic rings. The van der Waals surface area contributed by atoms with E-state index in [9.17, 15) is 4.79 Å². The summed E-state index contributed by atoms with van der Waals surface area (Å²) in [7, 11) is 0. The van der Waals surface area contributed by atoms with Crippen molar-refractivity contribution in [1.82, 2.24) is 0 Å². The van der Waals surface area contributed by atoms with E-state index in [1.807, 2.05) is 43.0 Å². The predicted molar refractivity (Wildman–Crippen MR) is 83.5 cm³/mol. The van der Waals surface area contributed by atoms with Gasteiger partial charge in [-0.1, -0.05) is 24.3 Å². The Morgan fingerprint density at radius 2 is 2.05 bits per heavy atom. The van der Waals surface area contributed by atoms with Crippen LogP contribution in [0.4, 0.5) is 0 Å². The Kier molecular flexibility index (Phi) is 4.18. The van der Waals surface area contributed by atoms with Crippen LogP contribution in [0.5, 0.6) is 0 Å². The third-order valence-corrected chi connectivity index (χ3v) is 5.66. The fraction of sp³-hybridized carbons (Fsp3) is 0.588. The standard InChI is InChI=1S/C17H22O2S/c1-13-4-2-3-5-15(13)16(18)14-6-9-19-17(12-14)7-10-20-11-8-17/h2-5,14H,6-12H2,1H3. The summed E-state index contributed by atoms with van der Waals surface area (Å²) in [6, 6.07) is 7.96. The summed E-state index contributed by atoms with van der Waals surface area (Å²) in [5.74, 6) is 2.81. The van der Waals surface area contributed by atoms with Crippen LogP contribution < -0.4 is 0 Å². The summed E-state index contributed by atoms with van der Waals surface area (Å²) < 4.78 is 6.09. The van der Waals surface area contributed by atoms with E-state index in [4.69, 9.17) is 4.74 Å². The maximum atomic E-state index is 12.8. The fourth-order valence-corrected chi connectivity index (χ4v) is 4.65. The molecule has 2 nitrogen and oxygen atoms in total. The molecule has 0 radical (unpaired) electrons. The molecule has 2 aliphatic rings. The van der Waals surface area contributed by atoms with Crippen molar-refractivity contribution in [3.8, 4) is 0 Å². The topological polar surface area (TPSA) is 26.3 Å². The van der Waals surface area contributed by atoms with E-state index in [-0.39, 0.29) is 11.5 Å². The summed E-state index contributed by atoms with van der Waals surface area (Å²) in [5, 5.41) is 0. The molecule has 3 rings (SSSR count). The molecule has 1 spiro atoms. The van der Waals surface area contributed by atoms with Crippen molar-refractivity contribution in [2.45, 2.75) is 38.2 Å². The summed E-state index contributed by atoms with van der Waals surface area (Å²) in [5.41, 5.74) is 1.99. The van der Waals surface area contributed by atoms with Crippen molar-refractivity contribution >= 4 is 17.5 Å². The third-order valence-electron chi connectivity index (χ3n) is 4.68. The highest BCUT2D eigenvalue weighted by Crippen LogP contribution is 2.40. The first-order valence-electron chi connectivity index (χ1n) is 7.52. The van der Waals surface area contributed by atoms with Crippen LogP contribution in [0.3, 0.4) is 0 Å². The second-order valence-electron chi connectivity index (χ2n) is 6.01. The van der Waals surface area contributed by atoms with Gasteiger partial charge in [-0.25, -0.2) is 0 Å². The lowest BCUT2D eigenvalue weighted by atomic mass is 9.78. The lowest BCUT2D eigenvalue weighted by Crippen LogP contribution is -2.44. The zero-order chi connectivity index (χ0) is 14.0. The maximum absolute atomic E-state index is 12.8. The van der Waals surface area contributed by atoms with Gasteiger partial charge in [0.15, 0.2) is 5.78 Å². The number of aryl methyl sites for hydroxylation is 1. The number of benzene rings is 1. The van der Waals surface area contributed by atoms with E-state index in [1.54, 1.807) is 0 Å². The van der Waals surface area contributed by atoms with Gasteiger partial charge in [0.25, 0.3) is 0 Å². The number of rotatable bonds is 2. The van der Waals surface area contributed by atoms with Crippen molar-refractivity contribution in [2.24, 2.45) is 5.92 Å². The van der Waals surface area contributed by atoms with Crippen LogP contribution in [0.25, 0.3) is 0 Å². The molecule has 3 heteroatoms. The van der Waals surface area contributed by atoms with Crippen molar-refractivity contribution < 1.29 is 9.53 Å². The molecular weight excluding hydrogens is 268 g/mol. The van der Waals surface area contributed by atoms with E-state index in [0.29, 0.717) is 5.78 Å². The molecule has 0 aromatic heterocycles. The average Bonchev–Trinajstić information content (AvgIpc) is 2.48. The summed E-state index contributed by atoms with van der Waals surface area (Å²) in [4.78, 5) is 12.8. The van der Waals surface area contributed by atoms with E-state index in [0.717, 1.165) is 43.4 Å². The zero-order valence-corrected chi connectivity index (χ0v) is 12.9.